The van der Waals surface area contributed by atoms with Gasteiger partial charge in [0, 0.05) is 25.9 Å². The van der Waals surface area contributed by atoms with Crippen molar-refractivity contribution < 1.29 is 19.4 Å². The highest BCUT2D eigenvalue weighted by atomic mass is 16.5. The second-order valence-corrected chi connectivity index (χ2v) is 7.08. The number of carboxylic acids is 1. The number of likely N-dealkylation sites (tertiary alicyclic amines) is 1. The van der Waals surface area contributed by atoms with Crippen LogP contribution >= 0.6 is 0 Å². The molecule has 5 nitrogen and oxygen atoms in total. The lowest BCUT2D eigenvalue weighted by Gasteiger charge is -2.34. The van der Waals surface area contributed by atoms with Crippen molar-refractivity contribution in [3.05, 3.63) is 28.8 Å². The number of nitrogens with zero attached hydrogens (tertiary/aromatic N) is 1. The fraction of sp³-hybridized carbons (Fsp3) is 0.579. The summed E-state index contributed by atoms with van der Waals surface area (Å²) in [6.07, 6.45) is 2.96. The van der Waals surface area contributed by atoms with Crippen LogP contribution in [0, 0.1) is 19.8 Å². The number of hydrogen-bond donors (Lipinski definition) is 1. The summed E-state index contributed by atoms with van der Waals surface area (Å²) in [6, 6.07) is 4.13. The van der Waals surface area contributed by atoms with Crippen LogP contribution in [0.25, 0.3) is 0 Å². The van der Waals surface area contributed by atoms with Gasteiger partial charge in [-0.05, 0) is 61.8 Å². The van der Waals surface area contributed by atoms with Gasteiger partial charge in [0.1, 0.15) is 5.75 Å². The quantitative estimate of drug-likeness (QED) is 0.921. The maximum absolute atomic E-state index is 12.8. The van der Waals surface area contributed by atoms with E-state index in [1.54, 1.807) is 0 Å². The first-order valence-electron chi connectivity index (χ1n) is 8.71. The molecular weight excluding hydrogens is 306 g/mol. The second kappa shape index (κ2) is 6.83. The van der Waals surface area contributed by atoms with E-state index in [0.29, 0.717) is 19.4 Å². The number of rotatable bonds is 4. The zero-order valence-corrected chi connectivity index (χ0v) is 14.4. The molecule has 24 heavy (non-hydrogen) atoms. The van der Waals surface area contributed by atoms with Crippen molar-refractivity contribution in [3.8, 4) is 5.75 Å². The smallest absolute Gasteiger partial charge is 0.303 e. The van der Waals surface area contributed by atoms with Crippen molar-refractivity contribution in [2.75, 3.05) is 13.1 Å². The molecule has 1 aromatic carbocycles. The zero-order chi connectivity index (χ0) is 17.3. The lowest BCUT2D eigenvalue weighted by molar-refractivity contribution is -0.140. The van der Waals surface area contributed by atoms with Gasteiger partial charge in [0.15, 0.2) is 6.10 Å². The number of aryl methyl sites for hydroxylation is 2. The van der Waals surface area contributed by atoms with Gasteiger partial charge >= 0.3 is 5.97 Å². The molecule has 0 aliphatic carbocycles. The van der Waals surface area contributed by atoms with Gasteiger partial charge < -0.3 is 14.7 Å². The zero-order valence-electron chi connectivity index (χ0n) is 14.4. The number of benzene rings is 1. The Hall–Kier alpha value is -2.04. The number of carbonyl (C=O) groups is 2. The molecule has 2 aliphatic heterocycles. The molecule has 0 spiro atoms. The highest BCUT2D eigenvalue weighted by Crippen LogP contribution is 2.33. The number of carbonyl (C=O) groups excluding carboxylic acids is 1. The lowest BCUT2D eigenvalue weighted by Crippen LogP contribution is -2.46. The summed E-state index contributed by atoms with van der Waals surface area (Å²) in [5, 5.41) is 8.84. The summed E-state index contributed by atoms with van der Waals surface area (Å²) in [6.45, 7) is 5.52. The molecule has 0 unspecified atom stereocenters. The fourth-order valence-electron chi connectivity index (χ4n) is 3.68. The Balaban J connectivity index is 1.62. The summed E-state index contributed by atoms with van der Waals surface area (Å²) in [5.41, 5.74) is 3.50. The molecule has 1 saturated heterocycles. The molecule has 1 amide bonds. The van der Waals surface area contributed by atoms with Gasteiger partial charge in [-0.1, -0.05) is 6.07 Å². The normalized spacial score (nSPS) is 22.8. The summed E-state index contributed by atoms with van der Waals surface area (Å²) < 4.78 is 5.91. The first kappa shape index (κ1) is 16.8. The van der Waals surface area contributed by atoms with Gasteiger partial charge in [0.05, 0.1) is 0 Å². The number of aliphatic carboxylic acids is 1. The first-order valence-corrected chi connectivity index (χ1v) is 8.71. The Labute approximate surface area is 142 Å². The molecule has 5 heteroatoms. The van der Waals surface area contributed by atoms with Crippen LogP contribution in [0.3, 0.4) is 0 Å². The van der Waals surface area contributed by atoms with E-state index in [2.05, 4.69) is 13.0 Å². The highest BCUT2D eigenvalue weighted by Gasteiger charge is 2.34. The average Bonchev–Trinajstić information content (AvgIpc) is 2.95. The van der Waals surface area contributed by atoms with Crippen LogP contribution in [0.2, 0.25) is 0 Å². The van der Waals surface area contributed by atoms with Crippen molar-refractivity contribution in [2.45, 2.75) is 52.1 Å². The topological polar surface area (TPSA) is 66.8 Å². The van der Waals surface area contributed by atoms with Crippen LogP contribution in [0.1, 0.15) is 42.4 Å². The van der Waals surface area contributed by atoms with E-state index in [-0.39, 0.29) is 18.2 Å². The first-order chi connectivity index (χ1) is 11.4. The predicted molar refractivity (Wildman–Crippen MR) is 90.2 cm³/mol. The molecule has 3 rings (SSSR count). The van der Waals surface area contributed by atoms with Gasteiger partial charge in [-0.25, -0.2) is 0 Å². The Bertz CT molecular complexity index is 624. The summed E-state index contributed by atoms with van der Waals surface area (Å²) >= 11 is 0. The third-order valence-corrected chi connectivity index (χ3v) is 5.22. The van der Waals surface area contributed by atoms with Crippen LogP contribution in [0.4, 0.5) is 0 Å². The minimum atomic E-state index is -0.765. The third kappa shape index (κ3) is 3.55. The summed E-state index contributed by atoms with van der Waals surface area (Å²) in [7, 11) is 0. The SMILES string of the molecule is Cc1cc2c(cc1C)O[C@@H](C(=O)N1CCC[C@@H](CCC(=O)O)C1)C2. The standard InChI is InChI=1S/C19H25NO4/c1-12-8-15-10-17(24-16(15)9-13(12)2)19(23)20-7-3-4-14(11-20)5-6-18(21)22/h8-9,14,17H,3-7,10-11H2,1-2H3,(H,21,22)/t14-,17+/m0/s1. The van der Waals surface area contributed by atoms with E-state index in [0.717, 1.165) is 30.7 Å². The predicted octanol–water partition coefficient (Wildman–Crippen LogP) is 2.71. The van der Waals surface area contributed by atoms with Crippen LogP contribution in [-0.4, -0.2) is 41.1 Å². The maximum atomic E-state index is 12.8. The van der Waals surface area contributed by atoms with Crippen molar-refractivity contribution in [1.82, 2.24) is 4.90 Å². The van der Waals surface area contributed by atoms with Crippen LogP contribution in [0.5, 0.6) is 5.75 Å². The van der Waals surface area contributed by atoms with E-state index < -0.39 is 12.1 Å². The van der Waals surface area contributed by atoms with Crippen molar-refractivity contribution >= 4 is 11.9 Å². The highest BCUT2D eigenvalue weighted by molar-refractivity contribution is 5.83. The molecule has 0 bridgehead atoms. The number of ether oxygens (including phenoxy) is 1. The molecule has 2 aliphatic rings. The van der Waals surface area contributed by atoms with Gasteiger partial charge in [-0.3, -0.25) is 9.59 Å². The van der Waals surface area contributed by atoms with E-state index in [1.807, 2.05) is 17.9 Å². The number of fused-ring (bicyclic) bond motifs is 1. The van der Waals surface area contributed by atoms with E-state index in [1.165, 1.54) is 11.1 Å². The summed E-state index contributed by atoms with van der Waals surface area (Å²) in [4.78, 5) is 25.4. The fourth-order valence-corrected chi connectivity index (χ4v) is 3.68. The van der Waals surface area contributed by atoms with Crippen LogP contribution < -0.4 is 4.74 Å². The monoisotopic (exact) mass is 331 g/mol. The van der Waals surface area contributed by atoms with Crippen molar-refractivity contribution in [2.24, 2.45) is 5.92 Å². The van der Waals surface area contributed by atoms with Crippen LogP contribution in [-0.2, 0) is 16.0 Å². The molecular formula is C19H25NO4. The minimum absolute atomic E-state index is 0.0431. The second-order valence-electron chi connectivity index (χ2n) is 7.08. The number of carboxylic acid groups (broad SMARTS) is 1. The molecule has 0 radical (unpaired) electrons. The number of amides is 1. The molecule has 1 N–H and O–H groups in total. The third-order valence-electron chi connectivity index (χ3n) is 5.22. The molecule has 2 atom stereocenters. The average molecular weight is 331 g/mol. The summed E-state index contributed by atoms with van der Waals surface area (Å²) in [5.74, 6) is 0.392. The molecule has 1 fully saturated rings. The van der Waals surface area contributed by atoms with Gasteiger partial charge in [-0.15, -0.1) is 0 Å². The molecule has 0 aromatic heterocycles. The Morgan fingerprint density at radius 2 is 2.04 bits per heavy atom. The number of hydrogen-bond acceptors (Lipinski definition) is 3. The Morgan fingerprint density at radius 1 is 1.29 bits per heavy atom. The molecule has 0 saturated carbocycles. The maximum Gasteiger partial charge on any atom is 0.303 e. The lowest BCUT2D eigenvalue weighted by atomic mass is 9.93. The number of piperidine rings is 1. The Morgan fingerprint density at radius 3 is 2.79 bits per heavy atom. The molecule has 130 valence electrons. The van der Waals surface area contributed by atoms with Gasteiger partial charge in [0.25, 0.3) is 5.91 Å². The van der Waals surface area contributed by atoms with Crippen molar-refractivity contribution in [1.29, 1.82) is 0 Å². The molecule has 2 heterocycles. The van der Waals surface area contributed by atoms with E-state index >= 15 is 0 Å². The van der Waals surface area contributed by atoms with Gasteiger partial charge in [-0.2, -0.15) is 0 Å². The van der Waals surface area contributed by atoms with Gasteiger partial charge in [0.2, 0.25) is 0 Å². The van der Waals surface area contributed by atoms with E-state index in [4.69, 9.17) is 9.84 Å². The van der Waals surface area contributed by atoms with Crippen molar-refractivity contribution in [3.63, 3.8) is 0 Å². The molecule has 1 aromatic rings. The van der Waals surface area contributed by atoms with E-state index in [9.17, 15) is 9.59 Å². The largest absolute Gasteiger partial charge is 0.481 e. The van der Waals surface area contributed by atoms with Crippen LogP contribution in [0.15, 0.2) is 12.1 Å². The Kier molecular flexibility index (Phi) is 4.78. The minimum Gasteiger partial charge on any atom is -0.481 e.